The minimum atomic E-state index is 0.735. The van der Waals surface area contributed by atoms with E-state index in [9.17, 15) is 0 Å². The molecule has 0 amide bonds. The molecule has 2 fully saturated rings. The summed E-state index contributed by atoms with van der Waals surface area (Å²) < 4.78 is 0. The normalized spacial score (nSPS) is 26.5. The molecular weight excluding hydrogens is 162 g/mol. The monoisotopic (exact) mass is 181 g/mol. The molecule has 0 aromatic carbocycles. The minimum absolute atomic E-state index is 0.735. The molecule has 2 aliphatic heterocycles. The molecular formula is C10H19N3. The zero-order chi connectivity index (χ0) is 9.26. The number of rotatable bonds is 1. The SMILES string of the molecule is C=C1NCCN1C1CCN(C)CC1. The summed E-state index contributed by atoms with van der Waals surface area (Å²) in [5.41, 5.74) is 0. The van der Waals surface area contributed by atoms with Gasteiger partial charge in [0.25, 0.3) is 0 Å². The van der Waals surface area contributed by atoms with E-state index in [4.69, 9.17) is 0 Å². The zero-order valence-corrected chi connectivity index (χ0v) is 8.42. The predicted octanol–water partition coefficient (Wildman–Crippen LogP) is 0.457. The highest BCUT2D eigenvalue weighted by Gasteiger charge is 2.26. The third-order valence-corrected chi connectivity index (χ3v) is 3.16. The van der Waals surface area contributed by atoms with E-state index in [0.717, 1.165) is 25.0 Å². The Bertz CT molecular complexity index is 194. The van der Waals surface area contributed by atoms with Crippen molar-refractivity contribution in [2.75, 3.05) is 33.2 Å². The maximum atomic E-state index is 4.03. The Balaban J connectivity index is 1.90. The van der Waals surface area contributed by atoms with Crippen LogP contribution in [0, 0.1) is 0 Å². The number of piperidine rings is 1. The lowest BCUT2D eigenvalue weighted by molar-refractivity contribution is 0.164. The average Bonchev–Trinajstić information content (AvgIpc) is 2.53. The summed E-state index contributed by atoms with van der Waals surface area (Å²) >= 11 is 0. The van der Waals surface area contributed by atoms with Crippen LogP contribution in [0.3, 0.4) is 0 Å². The van der Waals surface area contributed by atoms with Crippen LogP contribution in [-0.2, 0) is 0 Å². The molecule has 2 heterocycles. The molecule has 0 atom stereocenters. The second-order valence-electron chi connectivity index (χ2n) is 4.10. The Hall–Kier alpha value is -0.700. The largest absolute Gasteiger partial charge is 0.370 e. The summed E-state index contributed by atoms with van der Waals surface area (Å²) in [7, 11) is 2.20. The lowest BCUT2D eigenvalue weighted by atomic mass is 10.0. The van der Waals surface area contributed by atoms with Gasteiger partial charge in [-0.25, -0.2) is 0 Å². The molecule has 0 unspecified atom stereocenters. The minimum Gasteiger partial charge on any atom is -0.370 e. The van der Waals surface area contributed by atoms with Crippen molar-refractivity contribution >= 4 is 0 Å². The van der Waals surface area contributed by atoms with Crippen molar-refractivity contribution < 1.29 is 0 Å². The lowest BCUT2D eigenvalue weighted by Gasteiger charge is -2.35. The van der Waals surface area contributed by atoms with E-state index in [-0.39, 0.29) is 0 Å². The highest BCUT2D eigenvalue weighted by Crippen LogP contribution is 2.19. The highest BCUT2D eigenvalue weighted by atomic mass is 15.3. The molecule has 0 spiro atoms. The molecule has 0 aromatic rings. The van der Waals surface area contributed by atoms with Crippen molar-refractivity contribution in [3.05, 3.63) is 12.4 Å². The molecule has 0 aliphatic carbocycles. The number of hydrogen-bond acceptors (Lipinski definition) is 3. The first-order valence-electron chi connectivity index (χ1n) is 5.15. The molecule has 2 saturated heterocycles. The maximum Gasteiger partial charge on any atom is 0.0942 e. The van der Waals surface area contributed by atoms with Crippen LogP contribution < -0.4 is 5.32 Å². The van der Waals surface area contributed by atoms with Crippen LogP contribution in [0.2, 0.25) is 0 Å². The van der Waals surface area contributed by atoms with Gasteiger partial charge in [-0.1, -0.05) is 6.58 Å². The number of hydrogen-bond donors (Lipinski definition) is 1. The van der Waals surface area contributed by atoms with Gasteiger partial charge in [0.2, 0.25) is 0 Å². The maximum absolute atomic E-state index is 4.03. The van der Waals surface area contributed by atoms with E-state index in [1.807, 2.05) is 0 Å². The van der Waals surface area contributed by atoms with Crippen LogP contribution in [0.15, 0.2) is 12.4 Å². The fraction of sp³-hybridized carbons (Fsp3) is 0.800. The van der Waals surface area contributed by atoms with E-state index in [0.29, 0.717) is 0 Å². The molecule has 0 saturated carbocycles. The molecule has 74 valence electrons. The first-order valence-corrected chi connectivity index (χ1v) is 5.15. The molecule has 2 rings (SSSR count). The third-order valence-electron chi connectivity index (χ3n) is 3.16. The van der Waals surface area contributed by atoms with E-state index in [1.165, 1.54) is 25.9 Å². The van der Waals surface area contributed by atoms with Crippen molar-refractivity contribution in [3.63, 3.8) is 0 Å². The molecule has 2 aliphatic rings. The summed E-state index contributed by atoms with van der Waals surface area (Å²) in [6, 6.07) is 0.735. The van der Waals surface area contributed by atoms with Crippen LogP contribution in [-0.4, -0.2) is 49.1 Å². The highest BCUT2D eigenvalue weighted by molar-refractivity contribution is 5.01. The standard InChI is InChI=1S/C10H19N3/c1-9-11-5-8-13(9)10-3-6-12(2)7-4-10/h10-11H,1,3-8H2,2H3. The van der Waals surface area contributed by atoms with Crippen molar-refractivity contribution in [2.45, 2.75) is 18.9 Å². The Morgan fingerprint density at radius 1 is 1.31 bits per heavy atom. The molecule has 3 heteroatoms. The average molecular weight is 181 g/mol. The Kier molecular flexibility index (Phi) is 2.44. The van der Waals surface area contributed by atoms with Crippen LogP contribution in [0.25, 0.3) is 0 Å². The van der Waals surface area contributed by atoms with Gasteiger partial charge in [0, 0.05) is 19.1 Å². The summed E-state index contributed by atoms with van der Waals surface area (Å²) in [5, 5.41) is 3.30. The Labute approximate surface area is 80.4 Å². The smallest absolute Gasteiger partial charge is 0.0942 e. The van der Waals surface area contributed by atoms with Crippen molar-refractivity contribution in [1.82, 2.24) is 15.1 Å². The van der Waals surface area contributed by atoms with E-state index in [1.54, 1.807) is 0 Å². The van der Waals surface area contributed by atoms with E-state index in [2.05, 4.69) is 28.7 Å². The van der Waals surface area contributed by atoms with Gasteiger partial charge in [-0.05, 0) is 33.0 Å². The second-order valence-corrected chi connectivity index (χ2v) is 4.10. The first-order chi connectivity index (χ1) is 6.27. The molecule has 0 aromatic heterocycles. The summed E-state index contributed by atoms with van der Waals surface area (Å²) in [6.07, 6.45) is 2.58. The van der Waals surface area contributed by atoms with Gasteiger partial charge in [-0.3, -0.25) is 0 Å². The van der Waals surface area contributed by atoms with Gasteiger partial charge in [0.05, 0.1) is 5.82 Å². The Morgan fingerprint density at radius 3 is 2.54 bits per heavy atom. The van der Waals surface area contributed by atoms with Gasteiger partial charge in [0.15, 0.2) is 0 Å². The molecule has 3 nitrogen and oxygen atoms in total. The fourth-order valence-electron chi connectivity index (χ4n) is 2.27. The van der Waals surface area contributed by atoms with Crippen LogP contribution in [0.4, 0.5) is 0 Å². The van der Waals surface area contributed by atoms with E-state index < -0.39 is 0 Å². The van der Waals surface area contributed by atoms with Gasteiger partial charge in [-0.2, -0.15) is 0 Å². The van der Waals surface area contributed by atoms with E-state index >= 15 is 0 Å². The topological polar surface area (TPSA) is 18.5 Å². The van der Waals surface area contributed by atoms with Crippen LogP contribution in [0.5, 0.6) is 0 Å². The quantitative estimate of drug-likeness (QED) is 0.634. The molecule has 0 radical (unpaired) electrons. The summed E-state index contributed by atoms with van der Waals surface area (Å²) in [5.74, 6) is 1.13. The van der Waals surface area contributed by atoms with Gasteiger partial charge < -0.3 is 15.1 Å². The lowest BCUT2D eigenvalue weighted by Crippen LogP contribution is -2.42. The molecule has 0 bridgehead atoms. The number of likely N-dealkylation sites (tertiary alicyclic amines) is 1. The van der Waals surface area contributed by atoms with Crippen molar-refractivity contribution in [1.29, 1.82) is 0 Å². The number of nitrogens with zero attached hydrogens (tertiary/aromatic N) is 2. The predicted molar refractivity (Wildman–Crippen MR) is 54.4 cm³/mol. The summed E-state index contributed by atoms with van der Waals surface area (Å²) in [6.45, 7) is 8.71. The number of nitrogens with one attached hydrogen (secondary N) is 1. The van der Waals surface area contributed by atoms with Gasteiger partial charge in [0.1, 0.15) is 0 Å². The van der Waals surface area contributed by atoms with Crippen molar-refractivity contribution in [2.24, 2.45) is 0 Å². The molecule has 13 heavy (non-hydrogen) atoms. The van der Waals surface area contributed by atoms with Crippen LogP contribution in [0.1, 0.15) is 12.8 Å². The molecule has 1 N–H and O–H groups in total. The second kappa shape index (κ2) is 3.58. The van der Waals surface area contributed by atoms with Crippen molar-refractivity contribution in [3.8, 4) is 0 Å². The zero-order valence-electron chi connectivity index (χ0n) is 8.42. The Morgan fingerprint density at radius 2 is 2.00 bits per heavy atom. The fourth-order valence-corrected chi connectivity index (χ4v) is 2.27. The first kappa shape index (κ1) is 8.88. The third kappa shape index (κ3) is 1.80. The van der Waals surface area contributed by atoms with Crippen LogP contribution >= 0.6 is 0 Å². The van der Waals surface area contributed by atoms with Gasteiger partial charge >= 0.3 is 0 Å². The summed E-state index contributed by atoms with van der Waals surface area (Å²) in [4.78, 5) is 4.84. The van der Waals surface area contributed by atoms with Gasteiger partial charge in [-0.15, -0.1) is 0 Å².